The van der Waals surface area contributed by atoms with Crippen LogP contribution in [-0.4, -0.2) is 31.8 Å². The van der Waals surface area contributed by atoms with Gasteiger partial charge in [0.2, 0.25) is 11.1 Å². The maximum absolute atomic E-state index is 12.1. The lowest BCUT2D eigenvalue weighted by atomic mass is 10.2. The summed E-state index contributed by atoms with van der Waals surface area (Å²) in [6.45, 7) is 0. The second-order valence-corrected chi connectivity index (χ2v) is 6.40. The quantitative estimate of drug-likeness (QED) is 0.542. The molecule has 126 valence electrons. The van der Waals surface area contributed by atoms with Crippen molar-refractivity contribution in [3.8, 4) is 6.07 Å². The van der Waals surface area contributed by atoms with Crippen LogP contribution in [0, 0.1) is 11.3 Å². The lowest BCUT2D eigenvalue weighted by Crippen LogP contribution is -2.15. The normalized spacial score (nSPS) is 10.7. The molecule has 2 heterocycles. The Morgan fingerprint density at radius 2 is 1.96 bits per heavy atom. The number of carbonyl (C=O) groups excluding carboxylic acids is 1. The van der Waals surface area contributed by atoms with E-state index in [0.29, 0.717) is 27.6 Å². The zero-order valence-electron chi connectivity index (χ0n) is 13.4. The summed E-state index contributed by atoms with van der Waals surface area (Å²) in [5.41, 5.74) is 3.20. The Labute approximate surface area is 152 Å². The van der Waals surface area contributed by atoms with Crippen molar-refractivity contribution in [2.75, 3.05) is 11.1 Å². The van der Waals surface area contributed by atoms with E-state index in [4.69, 9.17) is 5.26 Å². The summed E-state index contributed by atoms with van der Waals surface area (Å²) in [6, 6.07) is 16.7. The van der Waals surface area contributed by atoms with Crippen molar-refractivity contribution >= 4 is 45.4 Å². The average molecular weight is 360 g/mol. The molecular formula is C18H12N6OS. The molecule has 0 saturated heterocycles. The summed E-state index contributed by atoms with van der Waals surface area (Å²) in [5.74, 6) is -0.120. The fourth-order valence-electron chi connectivity index (χ4n) is 2.57. The molecular weight excluding hydrogens is 348 g/mol. The van der Waals surface area contributed by atoms with E-state index in [-0.39, 0.29) is 11.7 Å². The van der Waals surface area contributed by atoms with E-state index in [0.717, 1.165) is 10.9 Å². The number of benzene rings is 2. The van der Waals surface area contributed by atoms with Crippen molar-refractivity contribution in [2.24, 2.45) is 0 Å². The number of nitriles is 1. The third-order valence-electron chi connectivity index (χ3n) is 3.76. The molecule has 2 aromatic carbocycles. The van der Waals surface area contributed by atoms with Crippen molar-refractivity contribution in [2.45, 2.75) is 5.16 Å². The summed E-state index contributed by atoms with van der Waals surface area (Å²) in [5, 5.41) is 21.5. The molecule has 0 aliphatic carbocycles. The van der Waals surface area contributed by atoms with Crippen molar-refractivity contribution in [3.63, 3.8) is 0 Å². The molecule has 0 saturated carbocycles. The van der Waals surface area contributed by atoms with Crippen molar-refractivity contribution in [3.05, 3.63) is 54.1 Å². The molecule has 0 spiro atoms. The van der Waals surface area contributed by atoms with Gasteiger partial charge in [-0.1, -0.05) is 42.1 Å². The third-order valence-corrected chi connectivity index (χ3v) is 4.59. The van der Waals surface area contributed by atoms with Crippen molar-refractivity contribution < 1.29 is 4.79 Å². The smallest absolute Gasteiger partial charge is 0.234 e. The number of nitrogens with one attached hydrogen (secondary N) is 2. The first-order valence-corrected chi connectivity index (χ1v) is 8.76. The highest BCUT2D eigenvalue weighted by Gasteiger charge is 2.11. The van der Waals surface area contributed by atoms with E-state index < -0.39 is 0 Å². The highest BCUT2D eigenvalue weighted by molar-refractivity contribution is 7.99. The van der Waals surface area contributed by atoms with Gasteiger partial charge >= 0.3 is 0 Å². The lowest BCUT2D eigenvalue weighted by Gasteiger charge is -2.05. The number of hydrogen-bond donors (Lipinski definition) is 2. The Hall–Kier alpha value is -3.44. The first-order chi connectivity index (χ1) is 12.7. The van der Waals surface area contributed by atoms with Crippen LogP contribution >= 0.6 is 11.8 Å². The third kappa shape index (κ3) is 3.08. The van der Waals surface area contributed by atoms with Crippen molar-refractivity contribution in [1.82, 2.24) is 20.2 Å². The molecule has 0 aliphatic rings. The summed E-state index contributed by atoms with van der Waals surface area (Å²) in [6.07, 6.45) is 0. The number of fused-ring (bicyclic) bond motifs is 3. The molecule has 1 amide bonds. The van der Waals surface area contributed by atoms with Gasteiger partial charge in [0.25, 0.3) is 0 Å². The molecule has 0 radical (unpaired) electrons. The summed E-state index contributed by atoms with van der Waals surface area (Å²) in [7, 11) is 0. The van der Waals surface area contributed by atoms with Crippen LogP contribution in [0.2, 0.25) is 0 Å². The van der Waals surface area contributed by atoms with E-state index in [9.17, 15) is 4.79 Å². The van der Waals surface area contributed by atoms with Gasteiger partial charge in [0.05, 0.1) is 17.0 Å². The Morgan fingerprint density at radius 3 is 2.85 bits per heavy atom. The molecule has 0 atom stereocenters. The van der Waals surface area contributed by atoms with Gasteiger partial charge < -0.3 is 10.3 Å². The molecule has 4 rings (SSSR count). The molecule has 2 N–H and O–H groups in total. The van der Waals surface area contributed by atoms with E-state index in [1.807, 2.05) is 30.3 Å². The SMILES string of the molecule is N#Cc1ccccc1NC(=O)CSc1nnc2c(n1)[nH]c1ccccc12. The highest BCUT2D eigenvalue weighted by atomic mass is 32.2. The average Bonchev–Trinajstić information content (AvgIpc) is 3.04. The minimum absolute atomic E-state index is 0.118. The largest absolute Gasteiger partial charge is 0.338 e. The lowest BCUT2D eigenvalue weighted by molar-refractivity contribution is -0.113. The van der Waals surface area contributed by atoms with Crippen LogP contribution in [0.3, 0.4) is 0 Å². The number of aromatic amines is 1. The van der Waals surface area contributed by atoms with Crippen LogP contribution in [-0.2, 0) is 4.79 Å². The number of H-pyrrole nitrogens is 1. The number of aromatic nitrogens is 4. The minimum Gasteiger partial charge on any atom is -0.338 e. The van der Waals surface area contributed by atoms with Crippen LogP contribution in [0.15, 0.2) is 53.7 Å². The summed E-state index contributed by atoms with van der Waals surface area (Å²) in [4.78, 5) is 19.8. The number of amides is 1. The minimum atomic E-state index is -0.238. The monoisotopic (exact) mass is 360 g/mol. The van der Waals surface area contributed by atoms with E-state index in [1.54, 1.807) is 24.3 Å². The molecule has 0 bridgehead atoms. The first kappa shape index (κ1) is 16.1. The van der Waals surface area contributed by atoms with Gasteiger partial charge in [0.15, 0.2) is 5.65 Å². The van der Waals surface area contributed by atoms with Gasteiger partial charge in [-0.25, -0.2) is 4.98 Å². The Morgan fingerprint density at radius 1 is 1.15 bits per heavy atom. The first-order valence-electron chi connectivity index (χ1n) is 7.77. The number of para-hydroxylation sites is 2. The van der Waals surface area contributed by atoms with E-state index in [1.165, 1.54) is 11.8 Å². The highest BCUT2D eigenvalue weighted by Crippen LogP contribution is 2.23. The number of carbonyl (C=O) groups is 1. The molecule has 2 aromatic heterocycles. The molecule has 8 heteroatoms. The molecule has 4 aromatic rings. The topological polar surface area (TPSA) is 107 Å². The van der Waals surface area contributed by atoms with Crippen molar-refractivity contribution in [1.29, 1.82) is 5.26 Å². The molecule has 0 unspecified atom stereocenters. The Balaban J connectivity index is 1.48. The standard InChI is InChI=1S/C18H12N6OS/c19-9-11-5-1-3-7-13(11)20-15(25)10-26-18-22-17-16(23-24-18)12-6-2-4-8-14(12)21-17/h1-8H,10H2,(H,20,25)(H,21,22,24). The van der Waals surface area contributed by atoms with Gasteiger partial charge in [-0.15, -0.1) is 10.2 Å². The zero-order valence-corrected chi connectivity index (χ0v) is 14.2. The number of thioether (sulfide) groups is 1. The second kappa shape index (κ2) is 6.82. The molecule has 26 heavy (non-hydrogen) atoms. The zero-order chi connectivity index (χ0) is 17.9. The van der Waals surface area contributed by atoms with Gasteiger partial charge in [0, 0.05) is 10.9 Å². The van der Waals surface area contributed by atoms with E-state index >= 15 is 0 Å². The number of anilines is 1. The molecule has 0 aliphatic heterocycles. The van der Waals surface area contributed by atoms with Gasteiger partial charge in [-0.2, -0.15) is 5.26 Å². The summed E-state index contributed by atoms with van der Waals surface area (Å²) >= 11 is 1.19. The van der Waals surface area contributed by atoms with Crippen LogP contribution in [0.25, 0.3) is 22.1 Å². The summed E-state index contributed by atoms with van der Waals surface area (Å²) < 4.78 is 0. The number of hydrogen-bond acceptors (Lipinski definition) is 6. The van der Waals surface area contributed by atoms with Crippen LogP contribution in [0.5, 0.6) is 0 Å². The fraction of sp³-hybridized carbons (Fsp3) is 0.0556. The predicted molar refractivity (Wildman–Crippen MR) is 99.7 cm³/mol. The molecule has 0 fully saturated rings. The van der Waals surface area contributed by atoms with Crippen LogP contribution in [0.1, 0.15) is 5.56 Å². The maximum Gasteiger partial charge on any atom is 0.234 e. The Bertz CT molecular complexity index is 1160. The Kier molecular flexibility index (Phi) is 4.21. The predicted octanol–water partition coefficient (Wildman–Crippen LogP) is 3.11. The van der Waals surface area contributed by atoms with Gasteiger partial charge in [-0.3, -0.25) is 4.79 Å². The van der Waals surface area contributed by atoms with Crippen LogP contribution < -0.4 is 5.32 Å². The second-order valence-electron chi connectivity index (χ2n) is 5.46. The van der Waals surface area contributed by atoms with Gasteiger partial charge in [0.1, 0.15) is 11.6 Å². The number of rotatable bonds is 4. The van der Waals surface area contributed by atoms with Crippen LogP contribution in [0.4, 0.5) is 5.69 Å². The fourth-order valence-corrected chi connectivity index (χ4v) is 3.16. The van der Waals surface area contributed by atoms with Gasteiger partial charge in [-0.05, 0) is 18.2 Å². The number of nitrogens with zero attached hydrogens (tertiary/aromatic N) is 4. The van der Waals surface area contributed by atoms with E-state index in [2.05, 4.69) is 25.5 Å². The molecule has 7 nitrogen and oxygen atoms in total. The maximum atomic E-state index is 12.1.